The van der Waals surface area contributed by atoms with Gasteiger partial charge in [-0.25, -0.2) is 4.79 Å². The molecule has 0 spiro atoms. The van der Waals surface area contributed by atoms with Crippen molar-refractivity contribution in [3.05, 3.63) is 59.2 Å². The molecule has 0 heterocycles. The Morgan fingerprint density at radius 2 is 1.81 bits per heavy atom. The minimum absolute atomic E-state index is 0.00145. The number of anilines is 1. The second kappa shape index (κ2) is 8.84. The first-order chi connectivity index (χ1) is 12.8. The normalized spacial score (nSPS) is 10.2. The molecule has 0 aromatic heterocycles. The van der Waals surface area contributed by atoms with Gasteiger partial charge in [-0.05, 0) is 42.8 Å². The number of nitrogens with zero attached hydrogens (tertiary/aromatic N) is 1. The molecule has 0 fully saturated rings. The summed E-state index contributed by atoms with van der Waals surface area (Å²) in [5.74, 6) is -1.12. The van der Waals surface area contributed by atoms with Crippen molar-refractivity contribution in [1.82, 2.24) is 4.90 Å². The molecule has 2 amide bonds. The van der Waals surface area contributed by atoms with Gasteiger partial charge < -0.3 is 20.1 Å². The highest BCUT2D eigenvalue weighted by molar-refractivity contribution is 5.98. The van der Waals surface area contributed by atoms with Crippen LogP contribution in [-0.2, 0) is 11.2 Å². The highest BCUT2D eigenvalue weighted by Crippen LogP contribution is 2.26. The van der Waals surface area contributed by atoms with Crippen LogP contribution < -0.4 is 10.1 Å². The number of carboxylic acids is 1. The van der Waals surface area contributed by atoms with Crippen LogP contribution in [-0.4, -0.2) is 48.5 Å². The Hall–Kier alpha value is -3.35. The second-order valence-electron chi connectivity index (χ2n) is 6.07. The van der Waals surface area contributed by atoms with Crippen molar-refractivity contribution in [1.29, 1.82) is 0 Å². The number of hydrogen-bond acceptors (Lipinski definition) is 4. The van der Waals surface area contributed by atoms with Gasteiger partial charge >= 0.3 is 5.97 Å². The van der Waals surface area contributed by atoms with Crippen LogP contribution in [0, 0.1) is 0 Å². The molecule has 7 nitrogen and oxygen atoms in total. The third-order valence-electron chi connectivity index (χ3n) is 3.75. The zero-order valence-electron chi connectivity index (χ0n) is 15.5. The lowest BCUT2D eigenvalue weighted by Crippen LogP contribution is -2.22. The van der Waals surface area contributed by atoms with Gasteiger partial charge in [0.25, 0.3) is 5.91 Å². The largest absolute Gasteiger partial charge is 0.492 e. The fourth-order valence-corrected chi connectivity index (χ4v) is 2.49. The van der Waals surface area contributed by atoms with E-state index in [4.69, 9.17) is 9.84 Å². The lowest BCUT2D eigenvalue weighted by Gasteiger charge is -2.15. The molecule has 142 valence electrons. The zero-order valence-corrected chi connectivity index (χ0v) is 15.5. The quantitative estimate of drug-likeness (QED) is 0.781. The predicted octanol–water partition coefficient (Wildman–Crippen LogP) is 2.67. The molecule has 2 aromatic carbocycles. The smallest absolute Gasteiger partial charge is 0.335 e. The van der Waals surface area contributed by atoms with Crippen molar-refractivity contribution in [3.8, 4) is 5.75 Å². The van der Waals surface area contributed by atoms with E-state index in [9.17, 15) is 14.4 Å². The average Bonchev–Trinajstić information content (AvgIpc) is 2.62. The molecule has 0 saturated heterocycles. The summed E-state index contributed by atoms with van der Waals surface area (Å²) in [6, 6.07) is 11.0. The van der Waals surface area contributed by atoms with Gasteiger partial charge in [0.1, 0.15) is 5.75 Å². The van der Waals surface area contributed by atoms with E-state index < -0.39 is 5.97 Å². The first-order valence-corrected chi connectivity index (χ1v) is 8.42. The van der Waals surface area contributed by atoms with Gasteiger partial charge in [0, 0.05) is 19.7 Å². The SMILES string of the molecule is CCOc1ccc(C(=O)N(C)C)cc1NC(=O)Cc1cccc(C(=O)O)c1. The number of carbonyl (C=O) groups is 3. The number of carboxylic acid groups (broad SMARTS) is 1. The lowest BCUT2D eigenvalue weighted by atomic mass is 10.1. The van der Waals surface area contributed by atoms with Crippen molar-refractivity contribution in [2.75, 3.05) is 26.0 Å². The van der Waals surface area contributed by atoms with Crippen LogP contribution in [0.3, 0.4) is 0 Å². The summed E-state index contributed by atoms with van der Waals surface area (Å²) in [7, 11) is 3.29. The van der Waals surface area contributed by atoms with Crippen molar-refractivity contribution in [2.24, 2.45) is 0 Å². The second-order valence-corrected chi connectivity index (χ2v) is 6.07. The van der Waals surface area contributed by atoms with Crippen molar-refractivity contribution in [2.45, 2.75) is 13.3 Å². The summed E-state index contributed by atoms with van der Waals surface area (Å²) in [6.07, 6.45) is -0.00145. The zero-order chi connectivity index (χ0) is 20.0. The van der Waals surface area contributed by atoms with Crippen LogP contribution in [0.15, 0.2) is 42.5 Å². The summed E-state index contributed by atoms with van der Waals surface area (Å²) < 4.78 is 5.52. The monoisotopic (exact) mass is 370 g/mol. The van der Waals surface area contributed by atoms with E-state index in [1.165, 1.54) is 17.0 Å². The van der Waals surface area contributed by atoms with E-state index in [2.05, 4.69) is 5.32 Å². The van der Waals surface area contributed by atoms with E-state index in [1.54, 1.807) is 44.4 Å². The van der Waals surface area contributed by atoms with Crippen LogP contribution in [0.2, 0.25) is 0 Å². The molecule has 0 unspecified atom stereocenters. The van der Waals surface area contributed by atoms with Crippen LogP contribution >= 0.6 is 0 Å². The van der Waals surface area contributed by atoms with Crippen molar-refractivity contribution < 1.29 is 24.2 Å². The number of benzene rings is 2. The number of carbonyl (C=O) groups excluding carboxylic acids is 2. The van der Waals surface area contributed by atoms with Gasteiger partial charge in [0.2, 0.25) is 5.91 Å². The molecule has 0 atom stereocenters. The molecule has 0 aliphatic heterocycles. The Morgan fingerprint density at radius 1 is 1.07 bits per heavy atom. The number of hydrogen-bond donors (Lipinski definition) is 2. The maximum atomic E-state index is 12.4. The van der Waals surface area contributed by atoms with Gasteiger partial charge in [-0.2, -0.15) is 0 Å². The Kier molecular flexibility index (Phi) is 6.54. The Labute approximate surface area is 157 Å². The fraction of sp³-hybridized carbons (Fsp3) is 0.250. The highest BCUT2D eigenvalue weighted by Gasteiger charge is 2.15. The Balaban J connectivity index is 2.22. The molecule has 7 heteroatoms. The number of amides is 2. The molecule has 2 N–H and O–H groups in total. The standard InChI is InChI=1S/C20H22N2O5/c1-4-27-17-9-8-14(19(24)22(2)3)12-16(17)21-18(23)11-13-6-5-7-15(10-13)20(25)26/h5-10,12H,4,11H2,1-3H3,(H,21,23)(H,25,26). The minimum Gasteiger partial charge on any atom is -0.492 e. The van der Waals surface area contributed by atoms with Gasteiger partial charge in [-0.15, -0.1) is 0 Å². The highest BCUT2D eigenvalue weighted by atomic mass is 16.5. The molecule has 27 heavy (non-hydrogen) atoms. The average molecular weight is 370 g/mol. The topological polar surface area (TPSA) is 95.9 Å². The molecule has 0 aliphatic rings. The molecule has 0 aliphatic carbocycles. The summed E-state index contributed by atoms with van der Waals surface area (Å²) in [4.78, 5) is 37.1. The molecule has 2 rings (SSSR count). The van der Waals surface area contributed by atoms with E-state index in [-0.39, 0.29) is 23.8 Å². The first kappa shape index (κ1) is 20.0. The maximum absolute atomic E-state index is 12.4. The first-order valence-electron chi connectivity index (χ1n) is 8.42. The van der Waals surface area contributed by atoms with Gasteiger partial charge in [-0.1, -0.05) is 12.1 Å². The van der Waals surface area contributed by atoms with Gasteiger partial charge in [0.15, 0.2) is 0 Å². The molecule has 2 aromatic rings. The number of aromatic carboxylic acids is 1. The number of rotatable bonds is 7. The predicted molar refractivity (Wildman–Crippen MR) is 101 cm³/mol. The lowest BCUT2D eigenvalue weighted by molar-refractivity contribution is -0.115. The number of nitrogens with one attached hydrogen (secondary N) is 1. The fourth-order valence-electron chi connectivity index (χ4n) is 2.49. The summed E-state index contributed by atoms with van der Waals surface area (Å²) in [5.41, 5.74) is 1.51. The van der Waals surface area contributed by atoms with Crippen LogP contribution in [0.5, 0.6) is 5.75 Å². The van der Waals surface area contributed by atoms with E-state index in [0.717, 1.165) is 0 Å². The molecular weight excluding hydrogens is 348 g/mol. The van der Waals surface area contributed by atoms with Gasteiger partial charge in [0.05, 0.1) is 24.3 Å². The van der Waals surface area contributed by atoms with E-state index in [1.807, 2.05) is 6.92 Å². The minimum atomic E-state index is -1.05. The summed E-state index contributed by atoms with van der Waals surface area (Å²) >= 11 is 0. The van der Waals surface area contributed by atoms with Crippen LogP contribution in [0.4, 0.5) is 5.69 Å². The Bertz CT molecular complexity index is 861. The number of ether oxygens (including phenoxy) is 1. The van der Waals surface area contributed by atoms with Crippen LogP contribution in [0.25, 0.3) is 0 Å². The van der Waals surface area contributed by atoms with E-state index >= 15 is 0 Å². The summed E-state index contributed by atoms with van der Waals surface area (Å²) in [5, 5.41) is 11.8. The summed E-state index contributed by atoms with van der Waals surface area (Å²) in [6.45, 7) is 2.23. The molecule has 0 saturated carbocycles. The van der Waals surface area contributed by atoms with Crippen molar-refractivity contribution in [3.63, 3.8) is 0 Å². The molecule has 0 bridgehead atoms. The molecule has 0 radical (unpaired) electrons. The third-order valence-corrected chi connectivity index (χ3v) is 3.75. The Morgan fingerprint density at radius 3 is 2.44 bits per heavy atom. The third kappa shape index (κ3) is 5.31. The molecular formula is C20H22N2O5. The van der Waals surface area contributed by atoms with Gasteiger partial charge in [-0.3, -0.25) is 9.59 Å². The van der Waals surface area contributed by atoms with Crippen molar-refractivity contribution >= 4 is 23.5 Å². The van der Waals surface area contributed by atoms with Crippen LogP contribution in [0.1, 0.15) is 33.2 Å². The van der Waals surface area contributed by atoms with E-state index in [0.29, 0.717) is 29.2 Å². The maximum Gasteiger partial charge on any atom is 0.335 e.